The van der Waals surface area contributed by atoms with Crippen LogP contribution in [0.5, 0.6) is 11.5 Å². The highest BCUT2D eigenvalue weighted by Crippen LogP contribution is 2.19. The number of carbonyl (C=O) groups excluding carboxylic acids is 1. The van der Waals surface area contributed by atoms with Crippen molar-refractivity contribution in [1.29, 1.82) is 0 Å². The van der Waals surface area contributed by atoms with Crippen LogP contribution in [-0.2, 0) is 0 Å². The van der Waals surface area contributed by atoms with E-state index in [2.05, 4.69) is 11.9 Å². The summed E-state index contributed by atoms with van der Waals surface area (Å²) >= 11 is 0. The molecule has 0 fully saturated rings. The third kappa shape index (κ3) is 10.6. The number of hydrogen-bond acceptors (Lipinski definition) is 4. The molecule has 0 spiro atoms. The van der Waals surface area contributed by atoms with Gasteiger partial charge < -0.3 is 9.47 Å². The number of aliphatic imine (C=N–C) groups is 1. The Balaban J connectivity index is 1.34. The van der Waals surface area contributed by atoms with Gasteiger partial charge in [0.2, 0.25) is 0 Å². The van der Waals surface area contributed by atoms with Crippen molar-refractivity contribution in [3.8, 4) is 11.5 Å². The van der Waals surface area contributed by atoms with Gasteiger partial charge in [-0.05, 0) is 79.1 Å². The first-order chi connectivity index (χ1) is 18.2. The Morgan fingerprint density at radius 2 is 1.32 bits per heavy atom. The molecule has 4 nitrogen and oxygen atoms in total. The summed E-state index contributed by atoms with van der Waals surface area (Å²) in [7, 11) is 0. The van der Waals surface area contributed by atoms with Gasteiger partial charge in [-0.1, -0.05) is 82.9 Å². The minimum absolute atomic E-state index is 0.387. The van der Waals surface area contributed by atoms with E-state index in [1.165, 1.54) is 57.8 Å². The Morgan fingerprint density at radius 1 is 0.730 bits per heavy atom. The maximum atomic E-state index is 12.5. The summed E-state index contributed by atoms with van der Waals surface area (Å²) < 4.78 is 11.4. The summed E-state index contributed by atoms with van der Waals surface area (Å²) in [4.78, 5) is 17.1. The molecule has 0 radical (unpaired) electrons. The smallest absolute Gasteiger partial charge is 0.343 e. The lowest BCUT2D eigenvalue weighted by molar-refractivity contribution is 0.0734. The molecule has 3 aromatic carbocycles. The molecule has 3 rings (SSSR count). The van der Waals surface area contributed by atoms with E-state index in [-0.39, 0.29) is 5.97 Å². The molecule has 0 bridgehead atoms. The van der Waals surface area contributed by atoms with Gasteiger partial charge in [-0.15, -0.1) is 0 Å². The molecule has 4 heteroatoms. The van der Waals surface area contributed by atoms with Gasteiger partial charge in [0, 0.05) is 6.21 Å². The summed E-state index contributed by atoms with van der Waals surface area (Å²) in [6.45, 7) is 5.00. The molecule has 0 aromatic heterocycles. The van der Waals surface area contributed by atoms with Gasteiger partial charge in [-0.3, -0.25) is 4.99 Å². The van der Waals surface area contributed by atoms with Crippen molar-refractivity contribution in [2.24, 2.45) is 4.99 Å². The second kappa shape index (κ2) is 16.4. The normalized spacial score (nSPS) is 11.1. The largest absolute Gasteiger partial charge is 0.494 e. The molecule has 0 atom stereocenters. The molecule has 0 heterocycles. The van der Waals surface area contributed by atoms with Crippen molar-refractivity contribution >= 4 is 17.9 Å². The molecule has 0 saturated heterocycles. The number of ether oxygens (including phenoxy) is 2. The molecule has 196 valence electrons. The summed E-state index contributed by atoms with van der Waals surface area (Å²) in [6.07, 6.45) is 14.9. The quantitative estimate of drug-likeness (QED) is 0.0854. The average Bonchev–Trinajstić information content (AvgIpc) is 2.92. The third-order valence-electron chi connectivity index (χ3n) is 6.42. The van der Waals surface area contributed by atoms with E-state index < -0.39 is 0 Å². The van der Waals surface area contributed by atoms with E-state index in [4.69, 9.17) is 9.47 Å². The van der Waals surface area contributed by atoms with Crippen LogP contribution in [0.3, 0.4) is 0 Å². The second-order valence-electron chi connectivity index (χ2n) is 9.56. The molecule has 0 aliphatic rings. The van der Waals surface area contributed by atoms with Crippen LogP contribution in [0.2, 0.25) is 0 Å². The van der Waals surface area contributed by atoms with Gasteiger partial charge in [0.1, 0.15) is 11.5 Å². The third-order valence-corrected chi connectivity index (χ3v) is 6.42. The lowest BCUT2D eigenvalue weighted by Gasteiger charge is -2.08. The van der Waals surface area contributed by atoms with Crippen LogP contribution in [0.15, 0.2) is 77.8 Å². The number of aryl methyl sites for hydroxylation is 1. The Kier molecular flexibility index (Phi) is 12.5. The zero-order valence-electron chi connectivity index (χ0n) is 22.5. The van der Waals surface area contributed by atoms with Gasteiger partial charge in [0.15, 0.2) is 0 Å². The molecule has 3 aromatic rings. The molecular formula is C33H41NO3. The van der Waals surface area contributed by atoms with Gasteiger partial charge in [-0.2, -0.15) is 0 Å². The fourth-order valence-electron chi connectivity index (χ4n) is 4.11. The van der Waals surface area contributed by atoms with E-state index in [0.29, 0.717) is 17.9 Å². The molecule has 0 unspecified atom stereocenters. The van der Waals surface area contributed by atoms with Gasteiger partial charge >= 0.3 is 5.97 Å². The first-order valence-electron chi connectivity index (χ1n) is 13.8. The second-order valence-corrected chi connectivity index (χ2v) is 9.56. The summed E-state index contributed by atoms with van der Waals surface area (Å²) in [6, 6.07) is 22.5. The number of carbonyl (C=O) groups is 1. The van der Waals surface area contributed by atoms with E-state index >= 15 is 0 Å². The highest BCUT2D eigenvalue weighted by Gasteiger charge is 2.09. The van der Waals surface area contributed by atoms with Crippen LogP contribution in [0.1, 0.15) is 92.6 Å². The predicted molar refractivity (Wildman–Crippen MR) is 154 cm³/mol. The Bertz CT molecular complexity index is 1090. The van der Waals surface area contributed by atoms with E-state index in [9.17, 15) is 4.79 Å². The summed E-state index contributed by atoms with van der Waals surface area (Å²) in [5.41, 5.74) is 3.50. The predicted octanol–water partition coefficient (Wildman–Crippen LogP) is 9.26. The van der Waals surface area contributed by atoms with Gasteiger partial charge in [-0.25, -0.2) is 4.79 Å². The van der Waals surface area contributed by atoms with Crippen LogP contribution in [0, 0.1) is 6.92 Å². The number of nitrogens with zero attached hydrogens (tertiary/aromatic N) is 1. The van der Waals surface area contributed by atoms with Crippen molar-refractivity contribution in [2.45, 2.75) is 78.1 Å². The van der Waals surface area contributed by atoms with Crippen molar-refractivity contribution in [3.05, 3.63) is 89.5 Å². The Hall–Kier alpha value is -3.40. The summed E-state index contributed by atoms with van der Waals surface area (Å²) in [5.74, 6) is 0.895. The SMILES string of the molecule is CCCCCCCCCCCCOc1ccc(C(=O)Oc2ccc(C=Nc3ccccc3C)cc2)cc1. The van der Waals surface area contributed by atoms with Gasteiger partial charge in [0.05, 0.1) is 17.9 Å². The minimum atomic E-state index is -0.387. The first-order valence-corrected chi connectivity index (χ1v) is 13.8. The maximum absolute atomic E-state index is 12.5. The zero-order chi connectivity index (χ0) is 26.1. The number of esters is 1. The van der Waals surface area contributed by atoms with Gasteiger partial charge in [0.25, 0.3) is 0 Å². The standard InChI is InChI=1S/C33H41NO3/c1-3-4-5-6-7-8-9-10-11-14-25-36-30-23-19-29(20-24-30)33(35)37-31-21-17-28(18-22-31)26-34-32-16-13-12-15-27(32)2/h12-13,15-24,26H,3-11,14,25H2,1-2H3. The lowest BCUT2D eigenvalue weighted by Crippen LogP contribution is -2.08. The average molecular weight is 500 g/mol. The highest BCUT2D eigenvalue weighted by atomic mass is 16.5. The number of unbranched alkanes of at least 4 members (excludes halogenated alkanes) is 9. The number of rotatable bonds is 16. The summed E-state index contributed by atoms with van der Waals surface area (Å²) in [5, 5.41) is 0. The zero-order valence-corrected chi connectivity index (χ0v) is 22.5. The molecule has 0 aliphatic carbocycles. The Labute approximate surface area is 222 Å². The highest BCUT2D eigenvalue weighted by molar-refractivity contribution is 5.91. The fourth-order valence-corrected chi connectivity index (χ4v) is 4.11. The molecule has 37 heavy (non-hydrogen) atoms. The number of hydrogen-bond donors (Lipinski definition) is 0. The monoisotopic (exact) mass is 499 g/mol. The molecular weight excluding hydrogens is 458 g/mol. The van der Waals surface area contributed by atoms with Crippen LogP contribution < -0.4 is 9.47 Å². The number of benzene rings is 3. The maximum Gasteiger partial charge on any atom is 0.343 e. The van der Waals surface area contributed by atoms with Crippen LogP contribution in [0.4, 0.5) is 5.69 Å². The van der Waals surface area contributed by atoms with E-state index in [1.807, 2.05) is 61.7 Å². The molecule has 0 saturated carbocycles. The molecule has 0 aliphatic heterocycles. The molecule has 0 amide bonds. The van der Waals surface area contributed by atoms with E-state index in [1.54, 1.807) is 24.3 Å². The van der Waals surface area contributed by atoms with Crippen LogP contribution >= 0.6 is 0 Å². The first kappa shape index (κ1) is 28.2. The molecule has 0 N–H and O–H groups in total. The van der Waals surface area contributed by atoms with Crippen molar-refractivity contribution in [3.63, 3.8) is 0 Å². The lowest BCUT2D eigenvalue weighted by atomic mass is 10.1. The van der Waals surface area contributed by atoms with Crippen LogP contribution in [0.25, 0.3) is 0 Å². The van der Waals surface area contributed by atoms with E-state index in [0.717, 1.165) is 29.0 Å². The van der Waals surface area contributed by atoms with Crippen molar-refractivity contribution < 1.29 is 14.3 Å². The topological polar surface area (TPSA) is 47.9 Å². The van der Waals surface area contributed by atoms with Crippen molar-refractivity contribution in [2.75, 3.05) is 6.61 Å². The number of para-hydroxylation sites is 1. The fraction of sp³-hybridized carbons (Fsp3) is 0.394. The van der Waals surface area contributed by atoms with Crippen LogP contribution in [-0.4, -0.2) is 18.8 Å². The minimum Gasteiger partial charge on any atom is -0.494 e. The van der Waals surface area contributed by atoms with Crippen molar-refractivity contribution in [1.82, 2.24) is 0 Å². The Morgan fingerprint density at radius 3 is 1.97 bits per heavy atom.